The van der Waals surface area contributed by atoms with Crippen molar-refractivity contribution in [3.63, 3.8) is 0 Å². The molecule has 8 nitrogen and oxygen atoms in total. The Morgan fingerprint density at radius 1 is 1.36 bits per heavy atom. The van der Waals surface area contributed by atoms with Gasteiger partial charge in [0.15, 0.2) is 0 Å². The highest BCUT2D eigenvalue weighted by molar-refractivity contribution is 7.05. The zero-order valence-corrected chi connectivity index (χ0v) is 14.8. The predicted molar refractivity (Wildman–Crippen MR) is 95.4 cm³/mol. The van der Waals surface area contributed by atoms with E-state index in [1.165, 1.54) is 17.9 Å². The topological polar surface area (TPSA) is 97.6 Å². The van der Waals surface area contributed by atoms with Crippen LogP contribution in [-0.4, -0.2) is 30.4 Å². The third-order valence-electron chi connectivity index (χ3n) is 3.54. The number of nitrogens with zero attached hydrogens (tertiary/aromatic N) is 5. The van der Waals surface area contributed by atoms with Crippen molar-refractivity contribution in [1.82, 2.24) is 29.7 Å². The molecule has 0 aliphatic heterocycles. The van der Waals surface area contributed by atoms with Gasteiger partial charge in [-0.05, 0) is 35.1 Å². The summed E-state index contributed by atoms with van der Waals surface area (Å²) in [5.74, 6) is 0.284. The number of hydrogen-bond acceptors (Lipinski definition) is 6. The van der Waals surface area contributed by atoms with Gasteiger partial charge >= 0.3 is 6.03 Å². The molecule has 25 heavy (non-hydrogen) atoms. The van der Waals surface area contributed by atoms with Gasteiger partial charge in [0.1, 0.15) is 12.7 Å². The highest BCUT2D eigenvalue weighted by atomic mass is 32.1. The maximum absolute atomic E-state index is 12.1. The van der Waals surface area contributed by atoms with Gasteiger partial charge in [0, 0.05) is 5.69 Å². The van der Waals surface area contributed by atoms with Crippen molar-refractivity contribution < 1.29 is 4.79 Å². The Bertz CT molecular complexity index is 829. The second-order valence-electron chi connectivity index (χ2n) is 5.84. The van der Waals surface area contributed by atoms with Gasteiger partial charge in [-0.25, -0.2) is 14.5 Å². The van der Waals surface area contributed by atoms with E-state index in [9.17, 15) is 4.79 Å². The standard InChI is InChI=1S/C16H19N7OS/c1-11(2)15-14(25-22-21-15)7-18-16(24)20-13-5-3-4-12(6-13)8-23-10-17-9-19-23/h3-6,9-11H,7-8H2,1-2H3,(H2,18,20,24). The van der Waals surface area contributed by atoms with Crippen LogP contribution in [0.3, 0.4) is 0 Å². The number of carbonyl (C=O) groups is 1. The van der Waals surface area contributed by atoms with Crippen molar-refractivity contribution in [2.75, 3.05) is 5.32 Å². The highest BCUT2D eigenvalue weighted by Gasteiger charge is 2.12. The van der Waals surface area contributed by atoms with E-state index in [-0.39, 0.29) is 11.9 Å². The molecule has 9 heteroatoms. The van der Waals surface area contributed by atoms with Gasteiger partial charge in [-0.3, -0.25) is 0 Å². The Labute approximate surface area is 149 Å². The van der Waals surface area contributed by atoms with E-state index >= 15 is 0 Å². The van der Waals surface area contributed by atoms with Crippen molar-refractivity contribution in [2.45, 2.75) is 32.9 Å². The van der Waals surface area contributed by atoms with Crippen molar-refractivity contribution in [2.24, 2.45) is 0 Å². The third-order valence-corrected chi connectivity index (χ3v) is 4.27. The fraction of sp³-hybridized carbons (Fsp3) is 0.312. The summed E-state index contributed by atoms with van der Waals surface area (Å²) in [6.07, 6.45) is 3.15. The van der Waals surface area contributed by atoms with Gasteiger partial charge in [-0.2, -0.15) is 5.10 Å². The van der Waals surface area contributed by atoms with Crippen LogP contribution in [0.5, 0.6) is 0 Å². The minimum Gasteiger partial charge on any atom is -0.333 e. The smallest absolute Gasteiger partial charge is 0.319 e. The van der Waals surface area contributed by atoms with E-state index < -0.39 is 0 Å². The van der Waals surface area contributed by atoms with Crippen LogP contribution >= 0.6 is 11.5 Å². The molecule has 3 rings (SSSR count). The number of aromatic nitrogens is 5. The summed E-state index contributed by atoms with van der Waals surface area (Å²) in [6.45, 7) is 5.12. The van der Waals surface area contributed by atoms with Gasteiger partial charge in [0.2, 0.25) is 0 Å². The number of amides is 2. The maximum Gasteiger partial charge on any atom is 0.319 e. The van der Waals surface area contributed by atoms with Gasteiger partial charge < -0.3 is 10.6 Å². The number of urea groups is 1. The van der Waals surface area contributed by atoms with Crippen LogP contribution in [0.15, 0.2) is 36.9 Å². The van der Waals surface area contributed by atoms with E-state index in [0.29, 0.717) is 13.1 Å². The molecule has 0 atom stereocenters. The Morgan fingerprint density at radius 2 is 2.24 bits per heavy atom. The van der Waals surface area contributed by atoms with Gasteiger partial charge in [-0.1, -0.05) is 30.5 Å². The summed E-state index contributed by atoms with van der Waals surface area (Å²) in [4.78, 5) is 17.0. The average Bonchev–Trinajstić information content (AvgIpc) is 3.24. The molecular formula is C16H19N7OS. The molecule has 0 bridgehead atoms. The largest absolute Gasteiger partial charge is 0.333 e. The Morgan fingerprint density at radius 3 is 3.00 bits per heavy atom. The van der Waals surface area contributed by atoms with E-state index in [1.807, 2.05) is 24.3 Å². The fourth-order valence-corrected chi connectivity index (χ4v) is 3.10. The molecule has 2 heterocycles. The molecule has 0 saturated carbocycles. The van der Waals surface area contributed by atoms with Gasteiger partial charge in [0.05, 0.1) is 23.7 Å². The van der Waals surface area contributed by atoms with Crippen LogP contribution in [-0.2, 0) is 13.1 Å². The summed E-state index contributed by atoms with van der Waals surface area (Å²) in [7, 11) is 0. The lowest BCUT2D eigenvalue weighted by Crippen LogP contribution is -2.28. The van der Waals surface area contributed by atoms with Gasteiger partial charge in [-0.15, -0.1) is 5.10 Å². The van der Waals surface area contributed by atoms with Crippen LogP contribution in [0.4, 0.5) is 10.5 Å². The van der Waals surface area contributed by atoms with Crippen LogP contribution in [0.2, 0.25) is 0 Å². The van der Waals surface area contributed by atoms with E-state index in [4.69, 9.17) is 0 Å². The van der Waals surface area contributed by atoms with Crippen molar-refractivity contribution >= 4 is 23.3 Å². The Balaban J connectivity index is 1.56. The summed E-state index contributed by atoms with van der Waals surface area (Å²) in [5, 5.41) is 13.9. The second-order valence-corrected chi connectivity index (χ2v) is 6.68. The first-order valence-electron chi connectivity index (χ1n) is 7.89. The van der Waals surface area contributed by atoms with Crippen molar-refractivity contribution in [3.05, 3.63) is 53.1 Å². The normalized spacial score (nSPS) is 10.8. The highest BCUT2D eigenvalue weighted by Crippen LogP contribution is 2.19. The lowest BCUT2D eigenvalue weighted by atomic mass is 10.1. The molecule has 0 aliphatic rings. The molecule has 0 fully saturated rings. The first kappa shape index (κ1) is 17.0. The lowest BCUT2D eigenvalue weighted by molar-refractivity contribution is 0.252. The van der Waals surface area contributed by atoms with E-state index in [1.54, 1.807) is 11.0 Å². The molecule has 0 aliphatic carbocycles. The first-order valence-corrected chi connectivity index (χ1v) is 8.66. The average molecular weight is 357 g/mol. The van der Waals surface area contributed by atoms with Crippen molar-refractivity contribution in [1.29, 1.82) is 0 Å². The van der Waals surface area contributed by atoms with E-state index in [2.05, 4.69) is 44.2 Å². The molecule has 0 spiro atoms. The zero-order valence-electron chi connectivity index (χ0n) is 14.0. The molecule has 0 unspecified atom stereocenters. The van der Waals surface area contributed by atoms with Crippen LogP contribution in [0.25, 0.3) is 0 Å². The van der Waals surface area contributed by atoms with Crippen LogP contribution < -0.4 is 10.6 Å². The van der Waals surface area contributed by atoms with Crippen LogP contribution in [0, 0.1) is 0 Å². The summed E-state index contributed by atoms with van der Waals surface area (Å²) >= 11 is 1.31. The molecule has 0 radical (unpaired) electrons. The summed E-state index contributed by atoms with van der Waals surface area (Å²) in [5.41, 5.74) is 2.68. The molecule has 2 amide bonds. The molecule has 130 valence electrons. The number of nitrogens with one attached hydrogen (secondary N) is 2. The van der Waals surface area contributed by atoms with Crippen molar-refractivity contribution in [3.8, 4) is 0 Å². The lowest BCUT2D eigenvalue weighted by Gasteiger charge is -2.09. The number of benzene rings is 1. The first-order chi connectivity index (χ1) is 12.1. The van der Waals surface area contributed by atoms with Crippen LogP contribution in [0.1, 0.15) is 35.9 Å². The SMILES string of the molecule is CC(C)c1nnsc1CNC(=O)Nc1cccc(Cn2cncn2)c1. The van der Waals surface area contributed by atoms with E-state index in [0.717, 1.165) is 21.8 Å². The number of rotatable bonds is 6. The minimum absolute atomic E-state index is 0.263. The molecule has 1 aromatic carbocycles. The number of carbonyl (C=O) groups excluding carboxylic acids is 1. The molecular weight excluding hydrogens is 338 g/mol. The third kappa shape index (κ3) is 4.60. The number of anilines is 1. The predicted octanol–water partition coefficient (Wildman–Crippen LogP) is 2.62. The molecule has 2 N–H and O–H groups in total. The quantitative estimate of drug-likeness (QED) is 0.707. The molecule has 2 aromatic heterocycles. The minimum atomic E-state index is -0.263. The maximum atomic E-state index is 12.1. The van der Waals surface area contributed by atoms with Gasteiger partial charge in [0.25, 0.3) is 0 Å². The summed E-state index contributed by atoms with van der Waals surface area (Å²) in [6, 6.07) is 7.36. The Hall–Kier alpha value is -2.81. The monoisotopic (exact) mass is 357 g/mol. The number of hydrogen-bond donors (Lipinski definition) is 2. The summed E-state index contributed by atoms with van der Waals surface area (Å²) < 4.78 is 5.68. The molecule has 0 saturated heterocycles. The second kappa shape index (κ2) is 7.84. The molecule has 3 aromatic rings. The zero-order chi connectivity index (χ0) is 17.6. The Kier molecular flexibility index (Phi) is 5.34. The fourth-order valence-electron chi connectivity index (χ4n) is 2.36.